The van der Waals surface area contributed by atoms with Crippen molar-refractivity contribution < 1.29 is 8.42 Å². The van der Waals surface area contributed by atoms with Crippen LogP contribution in [-0.4, -0.2) is 106 Å². The average Bonchev–Trinajstić information content (AvgIpc) is 3.47. The summed E-state index contributed by atoms with van der Waals surface area (Å²) in [6.07, 6.45) is 3.78. The predicted octanol–water partition coefficient (Wildman–Crippen LogP) is 1.49. The van der Waals surface area contributed by atoms with Gasteiger partial charge in [-0.1, -0.05) is 18.2 Å². The molecule has 0 amide bonds. The van der Waals surface area contributed by atoms with Gasteiger partial charge in [-0.3, -0.25) is 9.89 Å². The third-order valence-electron chi connectivity index (χ3n) is 6.82. The lowest BCUT2D eigenvalue weighted by Gasteiger charge is -2.32. The second-order valence-electron chi connectivity index (χ2n) is 8.85. The van der Waals surface area contributed by atoms with Gasteiger partial charge < -0.3 is 15.1 Å². The third-order valence-corrected chi connectivity index (χ3v) is 8.82. The molecule has 3 saturated heterocycles. The summed E-state index contributed by atoms with van der Waals surface area (Å²) < 4.78 is 28.2. The second-order valence-corrected chi connectivity index (χ2v) is 10.8. The number of nitrogens with one attached hydrogen (secondary N) is 1. The maximum atomic E-state index is 13.3. The first-order valence-corrected chi connectivity index (χ1v) is 12.9. The molecule has 0 radical (unpaired) electrons. The van der Waals surface area contributed by atoms with Gasteiger partial charge in [0.2, 0.25) is 10.0 Å². The Morgan fingerprint density at radius 1 is 1.06 bits per heavy atom. The normalized spacial score (nSPS) is 24.0. The zero-order valence-corrected chi connectivity index (χ0v) is 22.4. The van der Waals surface area contributed by atoms with Crippen molar-refractivity contribution in [1.29, 1.82) is 0 Å². The number of halogens is 1. The van der Waals surface area contributed by atoms with Crippen molar-refractivity contribution in [1.82, 2.24) is 24.3 Å². The molecule has 1 aromatic rings. The fourth-order valence-electron chi connectivity index (χ4n) is 4.91. The summed E-state index contributed by atoms with van der Waals surface area (Å²) in [4.78, 5) is 12.0. The highest BCUT2D eigenvalue weighted by Crippen LogP contribution is 2.23. The standard InChI is InChI=1S/C22H36N6O2S.HI/c1-23-22(27-12-9-20(18-27)26-10-5-6-11-26)24-17-19-7-3-4-8-21(19)31(29,30)28-15-13-25(2)14-16-28;/h3-4,7-8,20H,5-6,9-18H2,1-2H3,(H,23,24);1H. The molecular formula is C22H37IN6O2S. The van der Waals surface area contributed by atoms with Crippen LogP contribution in [-0.2, 0) is 16.6 Å². The van der Waals surface area contributed by atoms with Crippen LogP contribution in [0.5, 0.6) is 0 Å². The van der Waals surface area contributed by atoms with Gasteiger partial charge in [0.25, 0.3) is 0 Å². The summed E-state index contributed by atoms with van der Waals surface area (Å²) in [6, 6.07) is 7.95. The summed E-state index contributed by atoms with van der Waals surface area (Å²) in [5, 5.41) is 3.43. The smallest absolute Gasteiger partial charge is 0.243 e. The number of likely N-dealkylation sites (tertiary alicyclic amines) is 2. The topological polar surface area (TPSA) is 71.5 Å². The minimum atomic E-state index is -3.50. The molecule has 32 heavy (non-hydrogen) atoms. The van der Waals surface area contributed by atoms with Crippen LogP contribution >= 0.6 is 24.0 Å². The summed E-state index contributed by atoms with van der Waals surface area (Å²) in [6.45, 7) is 7.44. The largest absolute Gasteiger partial charge is 0.352 e. The van der Waals surface area contributed by atoms with E-state index in [4.69, 9.17) is 0 Å². The Labute approximate surface area is 210 Å². The van der Waals surface area contributed by atoms with E-state index in [1.807, 2.05) is 25.2 Å². The highest BCUT2D eigenvalue weighted by Gasteiger charge is 2.32. The van der Waals surface area contributed by atoms with Crippen LogP contribution in [0.4, 0.5) is 0 Å². The van der Waals surface area contributed by atoms with Crippen molar-refractivity contribution in [3.63, 3.8) is 0 Å². The molecule has 3 fully saturated rings. The fraction of sp³-hybridized carbons (Fsp3) is 0.682. The highest BCUT2D eigenvalue weighted by molar-refractivity contribution is 14.0. The number of sulfonamides is 1. The molecule has 3 aliphatic heterocycles. The van der Waals surface area contributed by atoms with Crippen LogP contribution in [0.25, 0.3) is 0 Å². The highest BCUT2D eigenvalue weighted by atomic mass is 127. The molecule has 0 aromatic heterocycles. The van der Waals surface area contributed by atoms with Gasteiger partial charge in [0.15, 0.2) is 5.96 Å². The molecule has 0 aliphatic carbocycles. The summed E-state index contributed by atoms with van der Waals surface area (Å²) >= 11 is 0. The first-order chi connectivity index (χ1) is 15.0. The van der Waals surface area contributed by atoms with Gasteiger partial charge >= 0.3 is 0 Å². The van der Waals surface area contributed by atoms with Gasteiger partial charge in [-0.25, -0.2) is 8.42 Å². The van der Waals surface area contributed by atoms with Gasteiger partial charge in [0, 0.05) is 58.9 Å². The van der Waals surface area contributed by atoms with E-state index in [-0.39, 0.29) is 24.0 Å². The zero-order chi connectivity index (χ0) is 21.8. The number of aliphatic imine (C=N–C) groups is 1. The minimum Gasteiger partial charge on any atom is -0.352 e. The second kappa shape index (κ2) is 11.5. The van der Waals surface area contributed by atoms with E-state index < -0.39 is 10.0 Å². The molecule has 0 bridgehead atoms. The summed E-state index contributed by atoms with van der Waals surface area (Å²) in [5.41, 5.74) is 0.790. The number of rotatable bonds is 5. The van der Waals surface area contributed by atoms with E-state index >= 15 is 0 Å². The van der Waals surface area contributed by atoms with Gasteiger partial charge in [0.1, 0.15) is 0 Å². The van der Waals surface area contributed by atoms with E-state index in [2.05, 4.69) is 25.0 Å². The van der Waals surface area contributed by atoms with Crippen molar-refractivity contribution in [3.05, 3.63) is 29.8 Å². The molecular weight excluding hydrogens is 539 g/mol. The maximum absolute atomic E-state index is 13.3. The third kappa shape index (κ3) is 5.75. The number of hydrogen-bond donors (Lipinski definition) is 1. The van der Waals surface area contributed by atoms with E-state index in [9.17, 15) is 8.42 Å². The van der Waals surface area contributed by atoms with Gasteiger partial charge in [-0.05, 0) is 51.0 Å². The molecule has 1 unspecified atom stereocenters. The van der Waals surface area contributed by atoms with Gasteiger partial charge in [-0.15, -0.1) is 24.0 Å². The number of likely N-dealkylation sites (N-methyl/N-ethyl adjacent to an activating group) is 1. The Balaban J connectivity index is 0.00000289. The molecule has 3 heterocycles. The van der Waals surface area contributed by atoms with Crippen molar-refractivity contribution in [2.24, 2.45) is 4.99 Å². The lowest BCUT2D eigenvalue weighted by atomic mass is 10.2. The molecule has 10 heteroatoms. The van der Waals surface area contributed by atoms with Gasteiger partial charge in [0.05, 0.1) is 4.90 Å². The number of nitrogens with zero attached hydrogens (tertiary/aromatic N) is 5. The van der Waals surface area contributed by atoms with Gasteiger partial charge in [-0.2, -0.15) is 4.31 Å². The molecule has 1 aromatic carbocycles. The molecule has 3 aliphatic rings. The predicted molar refractivity (Wildman–Crippen MR) is 139 cm³/mol. The molecule has 1 atom stereocenters. The number of piperazine rings is 1. The van der Waals surface area contributed by atoms with E-state index in [0.29, 0.717) is 30.6 Å². The van der Waals surface area contributed by atoms with Crippen molar-refractivity contribution >= 4 is 40.0 Å². The Bertz CT molecular complexity index is 882. The Kier molecular flexibility index (Phi) is 9.19. The molecule has 1 N–H and O–H groups in total. The fourth-order valence-corrected chi connectivity index (χ4v) is 6.56. The molecule has 180 valence electrons. The molecule has 4 rings (SSSR count). The van der Waals surface area contributed by atoms with Crippen LogP contribution in [0.1, 0.15) is 24.8 Å². The Hall–Kier alpha value is -0.950. The van der Waals surface area contributed by atoms with E-state index in [1.54, 1.807) is 17.4 Å². The van der Waals surface area contributed by atoms with Crippen LogP contribution in [0.2, 0.25) is 0 Å². The number of guanidine groups is 1. The average molecular weight is 577 g/mol. The molecule has 0 saturated carbocycles. The van der Waals surface area contributed by atoms with Crippen LogP contribution in [0, 0.1) is 0 Å². The number of benzene rings is 1. The van der Waals surface area contributed by atoms with Crippen molar-refractivity contribution in [2.75, 3.05) is 66.5 Å². The lowest BCUT2D eigenvalue weighted by molar-refractivity contribution is 0.222. The summed E-state index contributed by atoms with van der Waals surface area (Å²) in [7, 11) is 0.329. The Morgan fingerprint density at radius 3 is 2.44 bits per heavy atom. The molecule has 8 nitrogen and oxygen atoms in total. The zero-order valence-electron chi connectivity index (χ0n) is 19.2. The van der Waals surface area contributed by atoms with Crippen molar-refractivity contribution in [3.8, 4) is 0 Å². The first-order valence-electron chi connectivity index (χ1n) is 11.5. The summed E-state index contributed by atoms with van der Waals surface area (Å²) in [5.74, 6) is 0.855. The lowest BCUT2D eigenvalue weighted by Crippen LogP contribution is -2.47. The van der Waals surface area contributed by atoms with E-state index in [0.717, 1.165) is 44.1 Å². The minimum absolute atomic E-state index is 0. The van der Waals surface area contributed by atoms with Crippen molar-refractivity contribution in [2.45, 2.75) is 36.7 Å². The SMILES string of the molecule is CN=C(NCc1ccccc1S(=O)(=O)N1CCN(C)CC1)N1CCC(N2CCCC2)C1.I. The van der Waals surface area contributed by atoms with Crippen LogP contribution in [0.15, 0.2) is 34.2 Å². The van der Waals surface area contributed by atoms with E-state index in [1.165, 1.54) is 25.9 Å². The number of hydrogen-bond acceptors (Lipinski definition) is 5. The molecule has 0 spiro atoms. The quantitative estimate of drug-likeness (QED) is 0.326. The van der Waals surface area contributed by atoms with Crippen LogP contribution < -0.4 is 5.32 Å². The Morgan fingerprint density at radius 2 is 1.75 bits per heavy atom. The first kappa shape index (κ1) is 25.7. The van der Waals surface area contributed by atoms with Crippen LogP contribution in [0.3, 0.4) is 0 Å². The maximum Gasteiger partial charge on any atom is 0.243 e. The monoisotopic (exact) mass is 576 g/mol.